The van der Waals surface area contributed by atoms with Crippen molar-refractivity contribution in [1.82, 2.24) is 14.8 Å². The summed E-state index contributed by atoms with van der Waals surface area (Å²) in [7, 11) is 1.96. The number of aromatic nitrogens is 3. The summed E-state index contributed by atoms with van der Waals surface area (Å²) in [6.07, 6.45) is 2.74. The number of nitrogens with one attached hydrogen (secondary N) is 1. The van der Waals surface area contributed by atoms with Gasteiger partial charge in [-0.3, -0.25) is 4.68 Å². The SMILES string of the molecule is Cc1c(-c2ccc[nH]2)c(CCN)nn1C. The Balaban J connectivity index is 2.53. The van der Waals surface area contributed by atoms with Gasteiger partial charge in [-0.1, -0.05) is 0 Å². The molecule has 0 aliphatic rings. The highest BCUT2D eigenvalue weighted by molar-refractivity contribution is 5.65. The largest absolute Gasteiger partial charge is 0.361 e. The molecule has 0 amide bonds. The lowest BCUT2D eigenvalue weighted by Crippen LogP contribution is -2.04. The predicted octanol–water partition coefficient (Wildman–Crippen LogP) is 1.22. The van der Waals surface area contributed by atoms with Crippen LogP contribution in [0.4, 0.5) is 0 Å². The van der Waals surface area contributed by atoms with Crippen LogP contribution in [0.5, 0.6) is 0 Å². The minimum Gasteiger partial charge on any atom is -0.361 e. The van der Waals surface area contributed by atoms with Crippen LogP contribution < -0.4 is 5.73 Å². The fourth-order valence-corrected chi connectivity index (χ4v) is 1.82. The maximum absolute atomic E-state index is 5.58. The van der Waals surface area contributed by atoms with E-state index in [9.17, 15) is 0 Å². The molecule has 0 spiro atoms. The standard InChI is InChI=1S/C11H16N4/c1-8-11(9-4-3-7-13-9)10(5-6-12)14-15(8)2/h3-4,7,13H,5-6,12H2,1-2H3. The van der Waals surface area contributed by atoms with Crippen LogP contribution in [0.15, 0.2) is 18.3 Å². The highest BCUT2D eigenvalue weighted by Gasteiger charge is 2.14. The zero-order valence-corrected chi connectivity index (χ0v) is 9.12. The Kier molecular flexibility index (Phi) is 2.60. The van der Waals surface area contributed by atoms with Crippen LogP contribution in [-0.4, -0.2) is 21.3 Å². The third kappa shape index (κ3) is 1.68. The van der Waals surface area contributed by atoms with Crippen molar-refractivity contribution in [2.45, 2.75) is 13.3 Å². The van der Waals surface area contributed by atoms with Crippen molar-refractivity contribution < 1.29 is 0 Å². The summed E-state index contributed by atoms with van der Waals surface area (Å²) in [6, 6.07) is 4.05. The molecule has 80 valence electrons. The Hall–Kier alpha value is -1.55. The second-order valence-corrected chi connectivity index (χ2v) is 3.65. The van der Waals surface area contributed by atoms with Crippen LogP contribution >= 0.6 is 0 Å². The number of rotatable bonds is 3. The molecule has 0 bridgehead atoms. The van der Waals surface area contributed by atoms with Crippen molar-refractivity contribution in [3.8, 4) is 11.3 Å². The minimum atomic E-state index is 0.629. The Morgan fingerprint density at radius 3 is 2.93 bits per heavy atom. The zero-order chi connectivity index (χ0) is 10.8. The molecule has 0 saturated carbocycles. The van der Waals surface area contributed by atoms with Crippen LogP contribution in [0.3, 0.4) is 0 Å². The molecule has 4 nitrogen and oxygen atoms in total. The number of H-pyrrole nitrogens is 1. The molecule has 2 rings (SSSR count). The average molecular weight is 204 g/mol. The number of nitrogens with two attached hydrogens (primary N) is 1. The van der Waals surface area contributed by atoms with E-state index < -0.39 is 0 Å². The van der Waals surface area contributed by atoms with E-state index in [0.717, 1.165) is 17.8 Å². The van der Waals surface area contributed by atoms with Crippen molar-refractivity contribution in [2.75, 3.05) is 6.54 Å². The van der Waals surface area contributed by atoms with E-state index in [0.29, 0.717) is 6.54 Å². The van der Waals surface area contributed by atoms with Crippen LogP contribution in [0, 0.1) is 6.92 Å². The lowest BCUT2D eigenvalue weighted by molar-refractivity contribution is 0.718. The van der Waals surface area contributed by atoms with Crippen molar-refractivity contribution in [1.29, 1.82) is 0 Å². The number of hydrogen-bond acceptors (Lipinski definition) is 2. The van der Waals surface area contributed by atoms with E-state index in [-0.39, 0.29) is 0 Å². The van der Waals surface area contributed by atoms with Gasteiger partial charge in [0.25, 0.3) is 0 Å². The second-order valence-electron chi connectivity index (χ2n) is 3.65. The molecule has 0 fully saturated rings. The lowest BCUT2D eigenvalue weighted by atomic mass is 10.1. The van der Waals surface area contributed by atoms with E-state index in [1.807, 2.05) is 24.0 Å². The van der Waals surface area contributed by atoms with Crippen molar-refractivity contribution >= 4 is 0 Å². The number of nitrogens with zero attached hydrogens (tertiary/aromatic N) is 2. The topological polar surface area (TPSA) is 59.6 Å². The molecule has 0 saturated heterocycles. The lowest BCUT2D eigenvalue weighted by Gasteiger charge is -2.00. The third-order valence-electron chi connectivity index (χ3n) is 2.65. The van der Waals surface area contributed by atoms with Gasteiger partial charge in [0.05, 0.1) is 5.69 Å². The predicted molar refractivity (Wildman–Crippen MR) is 60.5 cm³/mol. The molecular weight excluding hydrogens is 188 g/mol. The molecule has 0 atom stereocenters. The number of aromatic amines is 1. The van der Waals surface area contributed by atoms with Gasteiger partial charge in [0, 0.05) is 36.6 Å². The highest BCUT2D eigenvalue weighted by atomic mass is 15.3. The quantitative estimate of drug-likeness (QED) is 0.789. The second kappa shape index (κ2) is 3.90. The Bertz CT molecular complexity index is 439. The van der Waals surface area contributed by atoms with Gasteiger partial charge in [-0.2, -0.15) is 5.10 Å². The third-order valence-corrected chi connectivity index (χ3v) is 2.65. The van der Waals surface area contributed by atoms with Gasteiger partial charge in [0.1, 0.15) is 0 Å². The molecule has 0 aliphatic heterocycles. The molecule has 0 aromatic carbocycles. The van der Waals surface area contributed by atoms with Gasteiger partial charge in [0.2, 0.25) is 0 Å². The van der Waals surface area contributed by atoms with Gasteiger partial charge in [-0.05, 0) is 25.6 Å². The Morgan fingerprint density at radius 1 is 1.53 bits per heavy atom. The first-order valence-electron chi connectivity index (χ1n) is 5.10. The normalized spacial score (nSPS) is 10.9. The van der Waals surface area contributed by atoms with Crippen LogP contribution in [0.2, 0.25) is 0 Å². The molecule has 2 aromatic heterocycles. The summed E-state index contributed by atoms with van der Waals surface area (Å²) in [6.45, 7) is 2.70. The Morgan fingerprint density at radius 2 is 2.33 bits per heavy atom. The molecule has 3 N–H and O–H groups in total. The fraction of sp³-hybridized carbons (Fsp3) is 0.364. The molecule has 2 aromatic rings. The summed E-state index contributed by atoms with van der Waals surface area (Å²) in [5, 5.41) is 4.47. The molecule has 0 aliphatic carbocycles. The number of aryl methyl sites for hydroxylation is 1. The van der Waals surface area contributed by atoms with Crippen LogP contribution in [-0.2, 0) is 13.5 Å². The Labute approximate surface area is 89.1 Å². The zero-order valence-electron chi connectivity index (χ0n) is 9.12. The van der Waals surface area contributed by atoms with E-state index in [4.69, 9.17) is 5.73 Å². The van der Waals surface area contributed by atoms with E-state index in [1.165, 1.54) is 11.3 Å². The summed E-state index contributed by atoms with van der Waals surface area (Å²) < 4.78 is 1.90. The van der Waals surface area contributed by atoms with E-state index in [1.54, 1.807) is 0 Å². The van der Waals surface area contributed by atoms with Gasteiger partial charge >= 0.3 is 0 Å². The molecule has 0 unspecified atom stereocenters. The van der Waals surface area contributed by atoms with Gasteiger partial charge in [-0.15, -0.1) is 0 Å². The monoisotopic (exact) mass is 204 g/mol. The summed E-state index contributed by atoms with van der Waals surface area (Å²) in [5.41, 5.74) is 10.1. The number of hydrogen-bond donors (Lipinski definition) is 2. The van der Waals surface area contributed by atoms with Gasteiger partial charge in [-0.25, -0.2) is 0 Å². The molecule has 0 radical (unpaired) electrons. The average Bonchev–Trinajstić information content (AvgIpc) is 2.78. The fourth-order valence-electron chi connectivity index (χ4n) is 1.82. The highest BCUT2D eigenvalue weighted by Crippen LogP contribution is 2.25. The van der Waals surface area contributed by atoms with Gasteiger partial charge in [0.15, 0.2) is 0 Å². The molecule has 15 heavy (non-hydrogen) atoms. The van der Waals surface area contributed by atoms with E-state index in [2.05, 4.69) is 23.1 Å². The first-order chi connectivity index (χ1) is 7.24. The van der Waals surface area contributed by atoms with Crippen molar-refractivity contribution in [3.05, 3.63) is 29.7 Å². The van der Waals surface area contributed by atoms with Crippen LogP contribution in [0.25, 0.3) is 11.3 Å². The molecular formula is C11H16N4. The summed E-state index contributed by atoms with van der Waals surface area (Å²) in [5.74, 6) is 0. The first-order valence-corrected chi connectivity index (χ1v) is 5.10. The van der Waals surface area contributed by atoms with Gasteiger partial charge < -0.3 is 10.7 Å². The smallest absolute Gasteiger partial charge is 0.0733 e. The summed E-state index contributed by atoms with van der Waals surface area (Å²) in [4.78, 5) is 3.21. The molecule has 4 heteroatoms. The van der Waals surface area contributed by atoms with Crippen molar-refractivity contribution in [3.63, 3.8) is 0 Å². The maximum atomic E-state index is 5.58. The van der Waals surface area contributed by atoms with Crippen molar-refractivity contribution in [2.24, 2.45) is 12.8 Å². The first kappa shape index (κ1) is 9.98. The minimum absolute atomic E-state index is 0.629. The summed E-state index contributed by atoms with van der Waals surface area (Å²) >= 11 is 0. The van der Waals surface area contributed by atoms with Crippen LogP contribution in [0.1, 0.15) is 11.4 Å². The van der Waals surface area contributed by atoms with E-state index >= 15 is 0 Å². The molecule has 2 heterocycles. The maximum Gasteiger partial charge on any atom is 0.0733 e.